The van der Waals surface area contributed by atoms with Crippen LogP contribution in [0.25, 0.3) is 16.3 Å². The number of thiazole rings is 1. The first-order valence-corrected chi connectivity index (χ1v) is 20.1. The Bertz CT molecular complexity index is 2000. The number of nitrogens with one attached hydrogen (secondary N) is 1. The highest BCUT2D eigenvalue weighted by molar-refractivity contribution is 8.03. The van der Waals surface area contributed by atoms with Crippen molar-refractivity contribution in [2.24, 2.45) is 0 Å². The fourth-order valence-electron chi connectivity index (χ4n) is 5.68. The minimum absolute atomic E-state index is 0.145. The predicted molar refractivity (Wildman–Crippen MR) is 201 cm³/mol. The molecule has 3 aromatic carbocycles. The van der Waals surface area contributed by atoms with Gasteiger partial charge in [-0.3, -0.25) is 4.79 Å². The summed E-state index contributed by atoms with van der Waals surface area (Å²) in [6, 6.07) is 18.2. The second kappa shape index (κ2) is 16.8. The summed E-state index contributed by atoms with van der Waals surface area (Å²) in [4.78, 5) is 29.5. The number of carboxylic acid groups (broad SMARTS) is 1. The summed E-state index contributed by atoms with van der Waals surface area (Å²) in [5.74, 6) is -1.56. The van der Waals surface area contributed by atoms with Gasteiger partial charge in [-0.05, 0) is 69.2 Å². The van der Waals surface area contributed by atoms with E-state index in [1.807, 2.05) is 72.2 Å². The van der Waals surface area contributed by atoms with Crippen LogP contribution >= 0.6 is 46.3 Å². The van der Waals surface area contributed by atoms with E-state index in [4.69, 9.17) is 23.2 Å². The second-order valence-electron chi connectivity index (χ2n) is 12.0. The molecule has 1 unspecified atom stereocenters. The summed E-state index contributed by atoms with van der Waals surface area (Å²) in [5.41, 5.74) is 3.67. The van der Waals surface area contributed by atoms with E-state index in [9.17, 15) is 27.7 Å². The molecule has 0 bridgehead atoms. The standard InChI is InChI=1S/C35H38Cl2N4O6S3/c1-23-6-10-27(11-7-23)39(24(2)35(43)44)18-14-32(42)38-15-3-4-16-40-28-20-25(36)8-12-30(28)48-33(40)22-34-41(17-5-19-50(45,46)47)29-21-26(37)9-13-31(29)49-34/h6-13,20-22,24H,3-5,14-19H2,1-2H3,(H2-,38,42,43,44,45,46,47). The van der Waals surface area contributed by atoms with E-state index in [1.54, 1.807) is 34.9 Å². The minimum Gasteiger partial charge on any atom is -0.748 e. The van der Waals surface area contributed by atoms with Crippen LogP contribution in [-0.2, 0) is 26.3 Å². The summed E-state index contributed by atoms with van der Waals surface area (Å²) in [6.45, 7) is 5.32. The van der Waals surface area contributed by atoms with Gasteiger partial charge in [0.1, 0.15) is 10.7 Å². The van der Waals surface area contributed by atoms with Gasteiger partial charge in [0.05, 0.1) is 26.9 Å². The van der Waals surface area contributed by atoms with Crippen molar-refractivity contribution in [3.8, 4) is 0 Å². The number of rotatable bonds is 16. The van der Waals surface area contributed by atoms with E-state index < -0.39 is 27.9 Å². The van der Waals surface area contributed by atoms with E-state index in [0.717, 1.165) is 48.5 Å². The van der Waals surface area contributed by atoms with Crippen LogP contribution in [0.5, 0.6) is 0 Å². The van der Waals surface area contributed by atoms with E-state index >= 15 is 0 Å². The molecule has 1 atom stereocenters. The van der Waals surface area contributed by atoms with Gasteiger partial charge in [-0.1, -0.05) is 64.0 Å². The SMILES string of the molecule is Cc1ccc(N(CCC(=O)NCCCCN2/C(=C/c3sc4ccc(Cl)cc4[n+]3CCCS(=O)(=O)[O-])Sc3ccc(Cl)cc32)C(C)C(=O)O)cc1. The topological polar surface area (TPSA) is 134 Å². The fraction of sp³-hybridized carbons (Fsp3) is 0.343. The highest BCUT2D eigenvalue weighted by Gasteiger charge is 2.28. The maximum atomic E-state index is 12.8. The zero-order valence-corrected chi connectivity index (χ0v) is 31.6. The second-order valence-corrected chi connectivity index (χ2v) is 16.5. The molecule has 0 spiro atoms. The van der Waals surface area contributed by atoms with Gasteiger partial charge in [0.25, 0.3) is 5.01 Å². The number of unbranched alkanes of at least 4 members (excludes halogenated alkanes) is 1. The molecule has 0 saturated carbocycles. The van der Waals surface area contributed by atoms with Crippen molar-refractivity contribution in [1.82, 2.24) is 5.32 Å². The third-order valence-electron chi connectivity index (χ3n) is 8.31. The van der Waals surface area contributed by atoms with Crippen LogP contribution in [0.3, 0.4) is 0 Å². The number of amides is 1. The molecule has 1 amide bonds. The van der Waals surface area contributed by atoms with Gasteiger partial charge in [0, 0.05) is 64.9 Å². The van der Waals surface area contributed by atoms with Gasteiger partial charge < -0.3 is 24.8 Å². The summed E-state index contributed by atoms with van der Waals surface area (Å²) in [7, 11) is -4.35. The molecule has 1 aliphatic rings. The molecule has 1 aliphatic heterocycles. The van der Waals surface area contributed by atoms with E-state index in [-0.39, 0.29) is 25.3 Å². The number of carbonyl (C=O) groups excluding carboxylic acids is 1. The van der Waals surface area contributed by atoms with Gasteiger partial charge >= 0.3 is 5.97 Å². The minimum atomic E-state index is -4.35. The van der Waals surface area contributed by atoms with Crippen LogP contribution in [0.2, 0.25) is 10.0 Å². The molecule has 15 heteroatoms. The van der Waals surface area contributed by atoms with Crippen LogP contribution in [0.1, 0.15) is 43.2 Å². The number of hydrogen-bond donors (Lipinski definition) is 2. The van der Waals surface area contributed by atoms with Crippen molar-refractivity contribution in [3.05, 3.63) is 86.3 Å². The predicted octanol–water partition coefficient (Wildman–Crippen LogP) is 6.92. The zero-order valence-electron chi connectivity index (χ0n) is 27.6. The summed E-state index contributed by atoms with van der Waals surface area (Å²) >= 11 is 15.9. The van der Waals surface area contributed by atoms with Crippen LogP contribution in [0, 0.1) is 6.92 Å². The number of carboxylic acids is 1. The number of thioether (sulfide) groups is 1. The third kappa shape index (κ3) is 9.92. The number of aromatic nitrogens is 1. The van der Waals surface area contributed by atoms with E-state index in [1.165, 1.54) is 0 Å². The van der Waals surface area contributed by atoms with Crippen molar-refractivity contribution < 1.29 is 32.2 Å². The molecular formula is C35H38Cl2N4O6S3. The summed E-state index contributed by atoms with van der Waals surface area (Å²) < 4.78 is 37.0. The molecule has 0 saturated heterocycles. The van der Waals surface area contributed by atoms with Crippen molar-refractivity contribution in [2.75, 3.05) is 35.2 Å². The quantitative estimate of drug-likeness (QED) is 0.0707. The Morgan fingerprint density at radius 1 is 1.06 bits per heavy atom. The average molecular weight is 778 g/mol. The number of nitrogens with zero attached hydrogens (tertiary/aromatic N) is 3. The Morgan fingerprint density at radius 3 is 2.50 bits per heavy atom. The lowest BCUT2D eigenvalue weighted by Crippen LogP contribution is -2.41. The number of anilines is 2. The molecule has 0 aliphatic carbocycles. The largest absolute Gasteiger partial charge is 0.748 e. The molecule has 5 rings (SSSR count). The number of carbonyl (C=O) groups is 2. The smallest absolute Gasteiger partial charge is 0.326 e. The number of benzene rings is 3. The molecule has 1 aromatic heterocycles. The lowest BCUT2D eigenvalue weighted by atomic mass is 10.1. The monoisotopic (exact) mass is 776 g/mol. The van der Waals surface area contributed by atoms with Gasteiger partial charge in [-0.25, -0.2) is 13.2 Å². The van der Waals surface area contributed by atoms with Crippen molar-refractivity contribution >= 4 is 96.0 Å². The lowest BCUT2D eigenvalue weighted by molar-refractivity contribution is -0.668. The maximum Gasteiger partial charge on any atom is 0.326 e. The fourth-order valence-corrected chi connectivity index (χ4v) is 8.78. The first-order chi connectivity index (χ1) is 23.8. The molecule has 50 heavy (non-hydrogen) atoms. The number of halogens is 2. The Hall–Kier alpha value is -3.33. The highest BCUT2D eigenvalue weighted by Crippen LogP contribution is 2.48. The lowest BCUT2D eigenvalue weighted by Gasteiger charge is -2.28. The molecule has 0 fully saturated rings. The first kappa shape index (κ1) is 37.9. The van der Waals surface area contributed by atoms with E-state index in [0.29, 0.717) is 36.1 Å². The van der Waals surface area contributed by atoms with Gasteiger partial charge in [0.2, 0.25) is 11.4 Å². The molecule has 10 nitrogen and oxygen atoms in total. The molecule has 0 radical (unpaired) electrons. The van der Waals surface area contributed by atoms with Crippen LogP contribution in [0.4, 0.5) is 11.4 Å². The molecular weight excluding hydrogens is 740 g/mol. The van der Waals surface area contributed by atoms with Gasteiger partial charge in [0.15, 0.2) is 6.54 Å². The summed E-state index contributed by atoms with van der Waals surface area (Å²) in [6.07, 6.45) is 3.89. The molecule has 2 heterocycles. The molecule has 266 valence electrons. The summed E-state index contributed by atoms with van der Waals surface area (Å²) in [5, 5.41) is 15.6. The average Bonchev–Trinajstić information content (AvgIpc) is 3.57. The molecule has 2 N–H and O–H groups in total. The van der Waals surface area contributed by atoms with Crippen LogP contribution < -0.4 is 19.7 Å². The Kier molecular flexibility index (Phi) is 12.7. The third-order valence-corrected chi connectivity index (χ3v) is 11.8. The van der Waals surface area contributed by atoms with Gasteiger partial charge in [-0.15, -0.1) is 0 Å². The maximum absolute atomic E-state index is 12.8. The van der Waals surface area contributed by atoms with Crippen molar-refractivity contribution in [2.45, 2.75) is 57.0 Å². The number of aryl methyl sites for hydroxylation is 2. The van der Waals surface area contributed by atoms with Crippen LogP contribution in [0.15, 0.2) is 70.6 Å². The van der Waals surface area contributed by atoms with Crippen LogP contribution in [-0.4, -0.2) is 61.4 Å². The first-order valence-electron chi connectivity index (χ1n) is 16.1. The van der Waals surface area contributed by atoms with Crippen molar-refractivity contribution in [3.63, 3.8) is 0 Å². The van der Waals surface area contributed by atoms with Gasteiger partial charge in [-0.2, -0.15) is 4.57 Å². The Labute approximate surface area is 310 Å². The number of hydrogen-bond acceptors (Lipinski definition) is 9. The van der Waals surface area contributed by atoms with E-state index in [2.05, 4.69) is 16.3 Å². The zero-order chi connectivity index (χ0) is 36.0. The number of fused-ring (bicyclic) bond motifs is 2. The Balaban J connectivity index is 1.24. The molecule has 4 aromatic rings. The number of aliphatic carboxylic acids is 1. The normalized spacial score (nSPS) is 14.3. The highest BCUT2D eigenvalue weighted by atomic mass is 35.5. The Morgan fingerprint density at radius 2 is 1.78 bits per heavy atom. The van der Waals surface area contributed by atoms with Crippen molar-refractivity contribution in [1.29, 1.82) is 0 Å².